The van der Waals surface area contributed by atoms with Gasteiger partial charge in [0, 0.05) is 24.4 Å². The molecule has 0 heterocycles. The monoisotopic (exact) mass is 265 g/mol. The molecule has 0 saturated carbocycles. The molecule has 0 aromatic heterocycles. The fourth-order valence-corrected chi connectivity index (χ4v) is 1.64. The van der Waals surface area contributed by atoms with Gasteiger partial charge in [0.15, 0.2) is 5.78 Å². The fraction of sp³-hybridized carbons (Fsp3) is 0.467. The SMILES string of the molecule is CCC(C)NC(=O)CCC(=O)c1ccc(F)c(C)c1. The number of hydrogen-bond donors (Lipinski definition) is 1. The molecule has 0 aliphatic heterocycles. The molecule has 0 aliphatic carbocycles. The van der Waals surface area contributed by atoms with Crippen LogP contribution >= 0.6 is 0 Å². The van der Waals surface area contributed by atoms with Gasteiger partial charge in [0.2, 0.25) is 5.91 Å². The number of carbonyl (C=O) groups excluding carboxylic acids is 2. The molecule has 3 nitrogen and oxygen atoms in total. The lowest BCUT2D eigenvalue weighted by atomic mass is 10.0. The van der Waals surface area contributed by atoms with E-state index in [0.29, 0.717) is 11.1 Å². The molecular weight excluding hydrogens is 245 g/mol. The van der Waals surface area contributed by atoms with Gasteiger partial charge in [0.1, 0.15) is 5.82 Å². The van der Waals surface area contributed by atoms with Crippen LogP contribution in [0.25, 0.3) is 0 Å². The van der Waals surface area contributed by atoms with E-state index in [1.807, 2.05) is 13.8 Å². The number of aryl methyl sites for hydroxylation is 1. The lowest BCUT2D eigenvalue weighted by Gasteiger charge is -2.10. The van der Waals surface area contributed by atoms with Gasteiger partial charge in [-0.3, -0.25) is 9.59 Å². The van der Waals surface area contributed by atoms with E-state index in [2.05, 4.69) is 5.32 Å². The van der Waals surface area contributed by atoms with Gasteiger partial charge in [0.25, 0.3) is 0 Å². The van der Waals surface area contributed by atoms with E-state index in [-0.39, 0.29) is 36.4 Å². The van der Waals surface area contributed by atoms with Crippen LogP contribution in [0.15, 0.2) is 18.2 Å². The van der Waals surface area contributed by atoms with E-state index in [9.17, 15) is 14.0 Å². The van der Waals surface area contributed by atoms with Crippen molar-refractivity contribution in [2.75, 3.05) is 0 Å². The zero-order chi connectivity index (χ0) is 14.4. The number of Topliss-reactive ketones (excluding diaryl/α,β-unsaturated/α-hetero) is 1. The van der Waals surface area contributed by atoms with Gasteiger partial charge in [-0.25, -0.2) is 4.39 Å². The molecule has 0 spiro atoms. The quantitative estimate of drug-likeness (QED) is 0.804. The van der Waals surface area contributed by atoms with Crippen LogP contribution in [0.4, 0.5) is 4.39 Å². The predicted molar refractivity (Wildman–Crippen MR) is 72.6 cm³/mol. The summed E-state index contributed by atoms with van der Waals surface area (Å²) < 4.78 is 13.1. The molecule has 1 aromatic rings. The molecule has 0 fully saturated rings. The van der Waals surface area contributed by atoms with E-state index in [4.69, 9.17) is 0 Å². The van der Waals surface area contributed by atoms with Crippen molar-refractivity contribution < 1.29 is 14.0 Å². The maximum atomic E-state index is 13.1. The second-order valence-corrected chi connectivity index (χ2v) is 4.76. The first-order chi connectivity index (χ1) is 8.93. The Kier molecular flexibility index (Phi) is 5.67. The van der Waals surface area contributed by atoms with E-state index in [1.165, 1.54) is 18.2 Å². The summed E-state index contributed by atoms with van der Waals surface area (Å²) in [4.78, 5) is 23.4. The summed E-state index contributed by atoms with van der Waals surface area (Å²) in [7, 11) is 0. The molecule has 1 amide bonds. The third-order valence-electron chi connectivity index (χ3n) is 3.08. The van der Waals surface area contributed by atoms with Crippen molar-refractivity contribution in [1.82, 2.24) is 5.32 Å². The highest BCUT2D eigenvalue weighted by atomic mass is 19.1. The molecule has 0 radical (unpaired) electrons. The Morgan fingerprint density at radius 1 is 1.32 bits per heavy atom. The van der Waals surface area contributed by atoms with Crippen LogP contribution < -0.4 is 5.32 Å². The fourth-order valence-electron chi connectivity index (χ4n) is 1.64. The van der Waals surface area contributed by atoms with Crippen LogP contribution in [0.5, 0.6) is 0 Å². The normalized spacial score (nSPS) is 12.0. The summed E-state index contributed by atoms with van der Waals surface area (Å²) in [5.74, 6) is -0.588. The zero-order valence-corrected chi connectivity index (χ0v) is 11.6. The third kappa shape index (κ3) is 4.81. The largest absolute Gasteiger partial charge is 0.354 e. The Balaban J connectivity index is 2.51. The van der Waals surface area contributed by atoms with Gasteiger partial charge >= 0.3 is 0 Å². The van der Waals surface area contributed by atoms with Crippen LogP contribution in [0, 0.1) is 12.7 Å². The smallest absolute Gasteiger partial charge is 0.220 e. The van der Waals surface area contributed by atoms with Gasteiger partial charge in [-0.15, -0.1) is 0 Å². The third-order valence-corrected chi connectivity index (χ3v) is 3.08. The van der Waals surface area contributed by atoms with Crippen LogP contribution in [0.1, 0.15) is 49.0 Å². The summed E-state index contributed by atoms with van der Waals surface area (Å²) in [5, 5.41) is 2.81. The Morgan fingerprint density at radius 2 is 2.00 bits per heavy atom. The Labute approximate surface area is 113 Å². The molecule has 4 heteroatoms. The summed E-state index contributed by atoms with van der Waals surface area (Å²) in [6.07, 6.45) is 1.17. The summed E-state index contributed by atoms with van der Waals surface area (Å²) >= 11 is 0. The highest BCUT2D eigenvalue weighted by Gasteiger charge is 2.11. The second-order valence-electron chi connectivity index (χ2n) is 4.76. The first-order valence-corrected chi connectivity index (χ1v) is 6.52. The number of amides is 1. The number of hydrogen-bond acceptors (Lipinski definition) is 2. The van der Waals surface area contributed by atoms with E-state index >= 15 is 0 Å². The number of ketones is 1. The lowest BCUT2D eigenvalue weighted by molar-refractivity contribution is -0.121. The van der Waals surface area contributed by atoms with Crippen molar-refractivity contribution in [3.63, 3.8) is 0 Å². The molecule has 104 valence electrons. The minimum Gasteiger partial charge on any atom is -0.354 e. The molecule has 0 saturated heterocycles. The number of carbonyl (C=O) groups is 2. The average molecular weight is 265 g/mol. The molecule has 0 bridgehead atoms. The van der Waals surface area contributed by atoms with Gasteiger partial charge < -0.3 is 5.32 Å². The van der Waals surface area contributed by atoms with Crippen molar-refractivity contribution >= 4 is 11.7 Å². The van der Waals surface area contributed by atoms with Crippen LogP contribution in [0.2, 0.25) is 0 Å². The molecular formula is C15H20FNO2. The molecule has 0 aliphatic rings. The Bertz CT molecular complexity index is 471. The van der Waals surface area contributed by atoms with Gasteiger partial charge in [0.05, 0.1) is 0 Å². The summed E-state index contributed by atoms with van der Waals surface area (Å²) in [6.45, 7) is 5.52. The molecule has 19 heavy (non-hydrogen) atoms. The predicted octanol–water partition coefficient (Wildman–Crippen LogP) is 3.01. The maximum absolute atomic E-state index is 13.1. The second kappa shape index (κ2) is 7.02. The lowest BCUT2D eigenvalue weighted by Crippen LogP contribution is -2.32. The minimum absolute atomic E-state index is 0.121. The minimum atomic E-state index is -0.328. The molecule has 1 unspecified atom stereocenters. The first kappa shape index (κ1) is 15.3. The molecule has 1 aromatic carbocycles. The van der Waals surface area contributed by atoms with Crippen molar-refractivity contribution in [2.24, 2.45) is 0 Å². The number of halogens is 1. The molecule has 1 N–H and O–H groups in total. The van der Waals surface area contributed by atoms with Crippen molar-refractivity contribution in [2.45, 2.75) is 46.1 Å². The highest BCUT2D eigenvalue weighted by Crippen LogP contribution is 2.12. The Morgan fingerprint density at radius 3 is 2.58 bits per heavy atom. The van der Waals surface area contributed by atoms with Gasteiger partial charge in [-0.05, 0) is 44.0 Å². The van der Waals surface area contributed by atoms with E-state index in [1.54, 1.807) is 6.92 Å². The standard InChI is InChI=1S/C15H20FNO2/c1-4-11(3)17-15(19)8-7-14(18)12-5-6-13(16)10(2)9-12/h5-6,9,11H,4,7-8H2,1-3H3,(H,17,19). The molecule has 1 atom stereocenters. The summed E-state index contributed by atoms with van der Waals surface area (Å²) in [5.41, 5.74) is 0.894. The zero-order valence-electron chi connectivity index (χ0n) is 11.6. The van der Waals surface area contributed by atoms with E-state index in [0.717, 1.165) is 6.42 Å². The molecule has 1 rings (SSSR count). The average Bonchev–Trinajstić information content (AvgIpc) is 2.39. The number of benzene rings is 1. The van der Waals surface area contributed by atoms with Crippen molar-refractivity contribution in [3.8, 4) is 0 Å². The van der Waals surface area contributed by atoms with Crippen LogP contribution in [-0.2, 0) is 4.79 Å². The summed E-state index contributed by atoms with van der Waals surface area (Å²) in [6, 6.07) is 4.37. The van der Waals surface area contributed by atoms with Crippen LogP contribution in [-0.4, -0.2) is 17.7 Å². The number of nitrogens with one attached hydrogen (secondary N) is 1. The number of rotatable bonds is 6. The maximum Gasteiger partial charge on any atom is 0.220 e. The topological polar surface area (TPSA) is 46.2 Å². The highest BCUT2D eigenvalue weighted by molar-refractivity contribution is 5.98. The Hall–Kier alpha value is -1.71. The van der Waals surface area contributed by atoms with Crippen LogP contribution in [0.3, 0.4) is 0 Å². The van der Waals surface area contributed by atoms with Gasteiger partial charge in [-0.1, -0.05) is 6.92 Å². The van der Waals surface area contributed by atoms with E-state index < -0.39 is 0 Å². The van der Waals surface area contributed by atoms with Crippen molar-refractivity contribution in [3.05, 3.63) is 35.1 Å². The first-order valence-electron chi connectivity index (χ1n) is 6.52. The van der Waals surface area contributed by atoms with Gasteiger partial charge in [-0.2, -0.15) is 0 Å². The van der Waals surface area contributed by atoms with Crippen molar-refractivity contribution in [1.29, 1.82) is 0 Å².